The molecule has 0 spiro atoms. The van der Waals surface area contributed by atoms with Crippen LogP contribution in [0, 0.1) is 0 Å². The second kappa shape index (κ2) is 17.2. The van der Waals surface area contributed by atoms with Crippen LogP contribution >= 0.6 is 0 Å². The van der Waals surface area contributed by atoms with Gasteiger partial charge in [0.2, 0.25) is 0 Å². The molecule has 0 radical (unpaired) electrons. The van der Waals surface area contributed by atoms with Crippen molar-refractivity contribution in [3.05, 3.63) is 182 Å². The molecule has 7 heteroatoms. The molecule has 5 nitrogen and oxygen atoms in total. The number of hydrogen-bond donors (Lipinski definition) is 2. The van der Waals surface area contributed by atoms with Gasteiger partial charge in [-0.2, -0.15) is 0 Å². The molecule has 0 fully saturated rings. The van der Waals surface area contributed by atoms with Gasteiger partial charge in [-0.3, -0.25) is 4.57 Å². The third-order valence-electron chi connectivity index (χ3n) is 12.2. The van der Waals surface area contributed by atoms with E-state index in [2.05, 4.69) is 228 Å². The maximum absolute atomic E-state index is 6.67. The number of nitrogens with zero attached hydrogens (tertiary/aromatic N) is 2. The molecule has 0 bridgehead atoms. The Kier molecular flexibility index (Phi) is 11.6. The molecular weight excluding hydrogens is 902 g/mol. The van der Waals surface area contributed by atoms with Gasteiger partial charge in [-0.1, -0.05) is 39.0 Å². The fourth-order valence-corrected chi connectivity index (χ4v) is 13.5. The summed E-state index contributed by atoms with van der Waals surface area (Å²) in [5, 5.41) is 10.1. The molecule has 2 aromatic heterocycles. The molecule has 320 valence electrons. The van der Waals surface area contributed by atoms with Gasteiger partial charge in [0.25, 0.3) is 0 Å². The van der Waals surface area contributed by atoms with Crippen LogP contribution in [0.3, 0.4) is 0 Å². The van der Waals surface area contributed by atoms with E-state index in [9.17, 15) is 0 Å². The van der Waals surface area contributed by atoms with Crippen LogP contribution in [0.5, 0.6) is 11.5 Å². The molecule has 9 rings (SSSR count). The Hall–Kier alpha value is -6.02. The zero-order valence-electron chi connectivity index (χ0n) is 38.5. The Morgan fingerprint density at radius 1 is 0.500 bits per heavy atom. The van der Waals surface area contributed by atoms with E-state index in [1.54, 1.807) is 0 Å². The Bertz CT molecular complexity index is 3090. The molecule has 7 aromatic carbocycles. The first-order valence-electron chi connectivity index (χ1n) is 22.4. The van der Waals surface area contributed by atoms with Gasteiger partial charge in [0.05, 0.1) is 11.0 Å². The number of fused-ring (bicyclic) bond motifs is 3. The third-order valence-corrected chi connectivity index (χ3v) is 20.7. The number of anilines is 4. The molecule has 9 aromatic rings. The van der Waals surface area contributed by atoms with Gasteiger partial charge in [0, 0.05) is 23.0 Å². The van der Waals surface area contributed by atoms with E-state index in [1.807, 2.05) is 18.3 Å². The van der Waals surface area contributed by atoms with Gasteiger partial charge in [-0.05, 0) is 47.4 Å². The first kappa shape index (κ1) is 43.2. The monoisotopic (exact) mass is 962 g/mol. The van der Waals surface area contributed by atoms with Crippen molar-refractivity contribution in [3.8, 4) is 39.6 Å². The van der Waals surface area contributed by atoms with Gasteiger partial charge in [0.1, 0.15) is 11.6 Å². The normalized spacial score (nSPS) is 12.1. The summed E-state index contributed by atoms with van der Waals surface area (Å²) in [6, 6.07) is 61.1. The van der Waals surface area contributed by atoms with Crippen LogP contribution in [0.25, 0.3) is 49.9 Å². The molecule has 0 aliphatic rings. The summed E-state index contributed by atoms with van der Waals surface area (Å²) in [6.07, 6.45) is 1.92. The second-order valence-corrected chi connectivity index (χ2v) is 41.3. The van der Waals surface area contributed by atoms with Crippen molar-refractivity contribution >= 4 is 79.9 Å². The van der Waals surface area contributed by atoms with Gasteiger partial charge in [0.15, 0.2) is 0 Å². The van der Waals surface area contributed by atoms with Crippen molar-refractivity contribution in [2.24, 2.45) is 0 Å². The number of nitrogens with one attached hydrogen (secondary N) is 2. The van der Waals surface area contributed by atoms with Crippen LogP contribution in [0.2, 0.25) is 34.5 Å². The van der Waals surface area contributed by atoms with E-state index in [1.165, 1.54) is 42.0 Å². The van der Waals surface area contributed by atoms with E-state index in [0.717, 1.165) is 56.5 Å². The minimum Gasteiger partial charge on any atom is -0.0149 e. The summed E-state index contributed by atoms with van der Waals surface area (Å²) in [5.41, 5.74) is 12.2. The van der Waals surface area contributed by atoms with E-state index in [-0.39, 0.29) is 5.41 Å². The number of ether oxygens (including phenoxy) is 1. The van der Waals surface area contributed by atoms with E-state index in [4.69, 9.17) is 9.72 Å². The molecule has 2 heterocycles. The summed E-state index contributed by atoms with van der Waals surface area (Å²) in [5.74, 6) is 17.2. The smallest absolute Gasteiger partial charge is 0.0149 e. The molecular formula is C57H58Ge2N4O. The topological polar surface area (TPSA) is 51.1 Å². The average molecular weight is 960 g/mol. The van der Waals surface area contributed by atoms with Gasteiger partial charge >= 0.3 is 240 Å². The summed E-state index contributed by atoms with van der Waals surface area (Å²) in [6.45, 7) is 6.71. The molecule has 0 saturated carbocycles. The molecule has 0 atom stereocenters. The number of para-hydroxylation sites is 4. The van der Waals surface area contributed by atoms with E-state index >= 15 is 0 Å². The van der Waals surface area contributed by atoms with Crippen LogP contribution < -0.4 is 24.2 Å². The van der Waals surface area contributed by atoms with Crippen LogP contribution in [-0.2, 0) is 5.41 Å². The van der Waals surface area contributed by atoms with Crippen LogP contribution in [0.15, 0.2) is 176 Å². The zero-order valence-corrected chi connectivity index (χ0v) is 42.7. The maximum atomic E-state index is 6.67. The largest absolute Gasteiger partial charge is 0.0592 e. The summed E-state index contributed by atoms with van der Waals surface area (Å²) < 4.78 is 11.9. The standard InChI is InChI=1S/C57H58Ge2N4O/c1-57(2,3)41-32-33-60-55(36-41)63-53-29-13-10-24-49(53)50-31-30-46(38-54(50)63)64-45-23-16-22-44(37-45)61-51-27-11-12-28-52(51)62-56-47(39-18-14-20-42(34-39)58(4,5)6)25-17-26-48(56)40-19-15-21-43(35-40)59(7,8)9/h10-38,61-62H,1-9H3. The molecule has 0 aliphatic carbocycles. The van der Waals surface area contributed by atoms with Crippen molar-refractivity contribution in [2.75, 3.05) is 10.6 Å². The number of benzene rings is 7. The third kappa shape index (κ3) is 9.02. The predicted octanol–water partition coefficient (Wildman–Crippen LogP) is 15.2. The quantitative estimate of drug-likeness (QED) is 0.127. The number of hydrogen-bond acceptors (Lipinski definition) is 4. The Labute approximate surface area is 384 Å². The average Bonchev–Trinajstić information content (AvgIpc) is 3.60. The van der Waals surface area contributed by atoms with E-state index < -0.39 is 26.5 Å². The van der Waals surface area contributed by atoms with E-state index in [0.29, 0.717) is 0 Å². The van der Waals surface area contributed by atoms with Gasteiger partial charge in [-0.15, -0.1) is 0 Å². The first-order chi connectivity index (χ1) is 30.6. The summed E-state index contributed by atoms with van der Waals surface area (Å²) in [4.78, 5) is 4.87. The molecule has 2 N–H and O–H groups in total. The number of aromatic nitrogens is 2. The van der Waals surface area contributed by atoms with Crippen molar-refractivity contribution in [3.63, 3.8) is 0 Å². The SMILES string of the molecule is CC(C)(C)c1ccnc(-n2c3ccccc3c3ccc(Oc4cccc(Nc5ccccc5Nc5c(-c6ccc[c]([Ge]([CH3])([CH3])[CH3])c6)cccc5-c5ccc[c]([Ge]([CH3])([CH3])[CH3])c5)c4)cc32)c1. The van der Waals surface area contributed by atoms with Crippen LogP contribution in [0.4, 0.5) is 22.7 Å². The minimum atomic E-state index is -2.11. The predicted molar refractivity (Wildman–Crippen MR) is 280 cm³/mol. The first-order valence-corrected chi connectivity index (χ1v) is 37.0. The Balaban J connectivity index is 1.06. The fourth-order valence-electron chi connectivity index (χ4n) is 8.51. The second-order valence-electron chi connectivity index (χ2n) is 20.0. The summed E-state index contributed by atoms with van der Waals surface area (Å²) >= 11 is -4.22. The summed E-state index contributed by atoms with van der Waals surface area (Å²) in [7, 11) is 0. The molecule has 0 unspecified atom stereocenters. The van der Waals surface area contributed by atoms with Crippen molar-refractivity contribution < 1.29 is 4.74 Å². The number of pyridine rings is 1. The molecule has 0 amide bonds. The number of rotatable bonds is 11. The van der Waals surface area contributed by atoms with Gasteiger partial charge < -0.3 is 4.74 Å². The minimum absolute atomic E-state index is 0.00578. The van der Waals surface area contributed by atoms with Crippen molar-refractivity contribution in [2.45, 2.75) is 60.7 Å². The Morgan fingerprint density at radius 2 is 1.08 bits per heavy atom. The Morgan fingerprint density at radius 3 is 1.73 bits per heavy atom. The van der Waals surface area contributed by atoms with Crippen LogP contribution in [0.1, 0.15) is 26.3 Å². The molecule has 0 aliphatic heterocycles. The fraction of sp³-hybridized carbons (Fsp3) is 0.175. The maximum Gasteiger partial charge on any atom is 0.0592 e. The molecule has 64 heavy (non-hydrogen) atoms. The molecule has 0 saturated heterocycles. The van der Waals surface area contributed by atoms with Crippen molar-refractivity contribution in [1.82, 2.24) is 9.55 Å². The van der Waals surface area contributed by atoms with Gasteiger partial charge in [-0.25, -0.2) is 4.98 Å². The van der Waals surface area contributed by atoms with Crippen molar-refractivity contribution in [1.29, 1.82) is 0 Å². The zero-order chi connectivity index (χ0) is 44.8. The van der Waals surface area contributed by atoms with Crippen LogP contribution in [-0.4, -0.2) is 36.1 Å².